The Hall–Kier alpha value is -3.07. The minimum absolute atomic E-state index is 0.118. The van der Waals surface area contributed by atoms with Crippen LogP contribution in [-0.2, 0) is 18.9 Å². The predicted octanol–water partition coefficient (Wildman–Crippen LogP) is 0.715. The van der Waals surface area contributed by atoms with E-state index in [-0.39, 0.29) is 23.6 Å². The number of amides is 1. The second-order valence-corrected chi connectivity index (χ2v) is 6.58. The van der Waals surface area contributed by atoms with E-state index in [4.69, 9.17) is 16.3 Å². The molecule has 28 heavy (non-hydrogen) atoms. The quantitative estimate of drug-likeness (QED) is 0.753. The van der Waals surface area contributed by atoms with E-state index in [9.17, 15) is 19.5 Å². The van der Waals surface area contributed by atoms with Crippen molar-refractivity contribution in [3.05, 3.63) is 56.2 Å². The number of rotatable bonds is 4. The molecule has 10 heteroatoms. The highest BCUT2D eigenvalue weighted by Gasteiger charge is 2.35. The molecule has 0 bridgehead atoms. The Labute approximate surface area is 165 Å². The number of hydrazone groups is 1. The molecule has 0 fully saturated rings. The number of aromatic hydroxyl groups is 1. The van der Waals surface area contributed by atoms with Gasteiger partial charge in [0, 0.05) is 20.5 Å². The molecule has 1 amide bonds. The van der Waals surface area contributed by atoms with Gasteiger partial charge < -0.3 is 9.84 Å². The van der Waals surface area contributed by atoms with Crippen molar-refractivity contribution in [2.75, 3.05) is 13.0 Å². The van der Waals surface area contributed by atoms with Crippen molar-refractivity contribution in [1.82, 2.24) is 14.1 Å². The van der Waals surface area contributed by atoms with E-state index in [1.54, 1.807) is 31.4 Å². The van der Waals surface area contributed by atoms with Gasteiger partial charge in [0.05, 0.1) is 18.9 Å². The van der Waals surface area contributed by atoms with E-state index in [2.05, 4.69) is 5.10 Å². The maximum atomic E-state index is 12.6. The number of benzene rings is 1. The summed E-state index contributed by atoms with van der Waals surface area (Å²) in [5, 5.41) is 15.8. The largest absolute Gasteiger partial charge is 0.497 e. The summed E-state index contributed by atoms with van der Waals surface area (Å²) in [5.74, 6) is -0.581. The van der Waals surface area contributed by atoms with Crippen LogP contribution in [0.25, 0.3) is 0 Å². The molecule has 0 saturated heterocycles. The third-order valence-electron chi connectivity index (χ3n) is 4.70. The van der Waals surface area contributed by atoms with Gasteiger partial charge in [-0.25, -0.2) is 9.80 Å². The number of methoxy groups -OCH3 is 1. The number of halogens is 1. The molecule has 1 aliphatic heterocycles. The SMILES string of the molecule is COc1ccc([C@H]2CC(c3c(O)n(C)c(=O)n(C)c3=O)=NN2C(=O)CCl)cc1. The van der Waals surface area contributed by atoms with Crippen LogP contribution in [0.5, 0.6) is 11.6 Å². The minimum atomic E-state index is -0.687. The van der Waals surface area contributed by atoms with Crippen LogP contribution in [0, 0.1) is 0 Å². The minimum Gasteiger partial charge on any atom is -0.497 e. The van der Waals surface area contributed by atoms with E-state index in [1.807, 2.05) is 0 Å². The fourth-order valence-electron chi connectivity index (χ4n) is 3.12. The van der Waals surface area contributed by atoms with Crippen LogP contribution in [0.4, 0.5) is 0 Å². The average Bonchev–Trinajstić information content (AvgIpc) is 3.15. The third-order valence-corrected chi connectivity index (χ3v) is 4.93. The van der Waals surface area contributed by atoms with Crippen molar-refractivity contribution < 1.29 is 14.6 Å². The molecule has 1 aliphatic rings. The summed E-state index contributed by atoms with van der Waals surface area (Å²) in [6, 6.07) is 6.57. The number of aromatic nitrogens is 2. The van der Waals surface area contributed by atoms with Crippen LogP contribution in [0.3, 0.4) is 0 Å². The Balaban J connectivity index is 2.10. The summed E-state index contributed by atoms with van der Waals surface area (Å²) in [6.45, 7) is 0. The molecule has 1 atom stereocenters. The highest BCUT2D eigenvalue weighted by molar-refractivity contribution is 6.27. The highest BCUT2D eigenvalue weighted by atomic mass is 35.5. The second-order valence-electron chi connectivity index (χ2n) is 6.32. The Morgan fingerprint density at radius 3 is 2.46 bits per heavy atom. The van der Waals surface area contributed by atoms with Gasteiger partial charge in [-0.3, -0.25) is 18.7 Å². The molecule has 2 heterocycles. The van der Waals surface area contributed by atoms with E-state index < -0.39 is 29.1 Å². The Kier molecular flexibility index (Phi) is 5.28. The van der Waals surface area contributed by atoms with Crippen molar-refractivity contribution in [2.45, 2.75) is 12.5 Å². The first kappa shape index (κ1) is 19.7. The normalized spacial score (nSPS) is 16.2. The summed E-state index contributed by atoms with van der Waals surface area (Å²) in [5.41, 5.74) is -0.502. The molecular weight excluding hydrogens is 388 g/mol. The summed E-state index contributed by atoms with van der Waals surface area (Å²) in [6.07, 6.45) is 0.177. The average molecular weight is 407 g/mol. The highest BCUT2D eigenvalue weighted by Crippen LogP contribution is 2.34. The monoisotopic (exact) mass is 406 g/mol. The van der Waals surface area contributed by atoms with E-state index in [0.29, 0.717) is 5.75 Å². The first-order valence-electron chi connectivity index (χ1n) is 8.39. The molecule has 0 radical (unpaired) electrons. The van der Waals surface area contributed by atoms with Crippen molar-refractivity contribution in [2.24, 2.45) is 19.2 Å². The molecule has 3 rings (SSSR count). The molecule has 0 unspecified atom stereocenters. The first-order valence-corrected chi connectivity index (χ1v) is 8.92. The predicted molar refractivity (Wildman–Crippen MR) is 103 cm³/mol. The molecule has 0 aliphatic carbocycles. The fraction of sp³-hybridized carbons (Fsp3) is 0.333. The molecule has 9 nitrogen and oxygen atoms in total. The van der Waals surface area contributed by atoms with E-state index in [1.165, 1.54) is 19.1 Å². The lowest BCUT2D eigenvalue weighted by Crippen LogP contribution is -2.39. The lowest BCUT2D eigenvalue weighted by Gasteiger charge is -2.21. The Morgan fingerprint density at radius 1 is 1.25 bits per heavy atom. The summed E-state index contributed by atoms with van der Waals surface area (Å²) in [4.78, 5) is 36.9. The maximum Gasteiger partial charge on any atom is 0.333 e. The van der Waals surface area contributed by atoms with Gasteiger partial charge >= 0.3 is 5.69 Å². The van der Waals surface area contributed by atoms with Crippen molar-refractivity contribution in [3.8, 4) is 11.6 Å². The van der Waals surface area contributed by atoms with Crippen molar-refractivity contribution in [3.63, 3.8) is 0 Å². The van der Waals surface area contributed by atoms with Gasteiger partial charge in [0.1, 0.15) is 17.2 Å². The maximum absolute atomic E-state index is 12.6. The molecule has 148 valence electrons. The van der Waals surface area contributed by atoms with Crippen LogP contribution in [-0.4, -0.2) is 43.9 Å². The molecule has 1 aromatic carbocycles. The fourth-order valence-corrected chi connectivity index (χ4v) is 3.25. The van der Waals surface area contributed by atoms with Gasteiger partial charge in [0.2, 0.25) is 5.88 Å². The molecule has 1 N–H and O–H groups in total. The zero-order valence-electron chi connectivity index (χ0n) is 15.5. The lowest BCUT2D eigenvalue weighted by atomic mass is 9.99. The lowest BCUT2D eigenvalue weighted by molar-refractivity contribution is -0.130. The number of nitrogens with zero attached hydrogens (tertiary/aromatic N) is 4. The second kappa shape index (κ2) is 7.51. The molecular formula is C18H19ClN4O5. The number of carbonyl (C=O) groups excluding carboxylic acids is 1. The first-order chi connectivity index (χ1) is 13.3. The van der Waals surface area contributed by atoms with E-state index in [0.717, 1.165) is 14.7 Å². The summed E-state index contributed by atoms with van der Waals surface area (Å²) in [7, 11) is 4.21. The van der Waals surface area contributed by atoms with Gasteiger partial charge in [-0.05, 0) is 17.7 Å². The van der Waals surface area contributed by atoms with Crippen molar-refractivity contribution in [1.29, 1.82) is 0 Å². The van der Waals surface area contributed by atoms with Crippen molar-refractivity contribution >= 4 is 23.2 Å². The number of ether oxygens (including phenoxy) is 1. The molecule has 2 aromatic rings. The van der Waals surface area contributed by atoms with Gasteiger partial charge in [-0.2, -0.15) is 5.10 Å². The van der Waals surface area contributed by atoms with Crippen LogP contribution in [0.15, 0.2) is 39.0 Å². The topological polar surface area (TPSA) is 106 Å². The third kappa shape index (κ3) is 3.18. The Morgan fingerprint density at radius 2 is 1.89 bits per heavy atom. The number of carbonyl (C=O) groups is 1. The van der Waals surface area contributed by atoms with Crippen LogP contribution in [0.2, 0.25) is 0 Å². The smallest absolute Gasteiger partial charge is 0.333 e. The van der Waals surface area contributed by atoms with Crippen LogP contribution >= 0.6 is 11.6 Å². The van der Waals surface area contributed by atoms with E-state index >= 15 is 0 Å². The number of alkyl halides is 1. The number of hydrogen-bond donors (Lipinski definition) is 1. The molecule has 0 spiro atoms. The Bertz CT molecular complexity index is 1070. The van der Waals surface area contributed by atoms with Crippen LogP contribution in [0.1, 0.15) is 23.6 Å². The number of hydrogen-bond acceptors (Lipinski definition) is 6. The summed E-state index contributed by atoms with van der Waals surface area (Å²) >= 11 is 5.72. The van der Waals surface area contributed by atoms with Gasteiger partial charge in [-0.15, -0.1) is 11.6 Å². The van der Waals surface area contributed by atoms with Gasteiger partial charge in [0.15, 0.2) is 0 Å². The molecule has 1 aromatic heterocycles. The summed E-state index contributed by atoms with van der Waals surface area (Å²) < 4.78 is 6.98. The zero-order valence-corrected chi connectivity index (χ0v) is 16.3. The standard InChI is InChI=1S/C18H19ClN4O5/c1-21-16(25)15(17(26)22(2)18(21)27)12-8-13(23(20-12)14(24)9-19)10-4-6-11(28-3)7-5-10/h4-7,13,25H,8-9H2,1-3H3/t13-/m1/s1. The van der Waals surface area contributed by atoms with Gasteiger partial charge in [-0.1, -0.05) is 12.1 Å². The van der Waals surface area contributed by atoms with Crippen LogP contribution < -0.4 is 16.0 Å². The van der Waals surface area contributed by atoms with Gasteiger partial charge in [0.25, 0.3) is 11.5 Å². The zero-order chi connectivity index (χ0) is 20.6. The molecule has 0 saturated carbocycles.